The van der Waals surface area contributed by atoms with Gasteiger partial charge in [-0.1, -0.05) is 29.8 Å². The number of morpholine rings is 1. The Hall–Kier alpha value is -1.59. The Labute approximate surface area is 133 Å². The van der Waals surface area contributed by atoms with Gasteiger partial charge in [0.25, 0.3) is 0 Å². The van der Waals surface area contributed by atoms with Crippen molar-refractivity contribution >= 4 is 5.96 Å². The molecule has 1 saturated heterocycles. The van der Waals surface area contributed by atoms with E-state index < -0.39 is 0 Å². The Balaban J connectivity index is 1.86. The molecule has 1 aliphatic heterocycles. The van der Waals surface area contributed by atoms with E-state index in [1.807, 2.05) is 0 Å². The largest absolute Gasteiger partial charge is 0.374 e. The summed E-state index contributed by atoms with van der Waals surface area (Å²) in [5.41, 5.74) is 2.50. The third-order valence-electron chi connectivity index (χ3n) is 3.69. The highest BCUT2D eigenvalue weighted by atomic mass is 16.5. The van der Waals surface area contributed by atoms with Crippen molar-refractivity contribution in [2.75, 3.05) is 39.8 Å². The molecule has 0 aromatic heterocycles. The number of nitrogens with one attached hydrogen (secondary N) is 2. The Morgan fingerprint density at radius 1 is 1.41 bits per heavy atom. The van der Waals surface area contributed by atoms with Crippen molar-refractivity contribution in [1.29, 1.82) is 0 Å². The maximum absolute atomic E-state index is 5.77. The van der Waals surface area contributed by atoms with Crippen molar-refractivity contribution in [2.45, 2.75) is 26.5 Å². The zero-order valence-electron chi connectivity index (χ0n) is 13.9. The van der Waals surface area contributed by atoms with Gasteiger partial charge in [0.2, 0.25) is 0 Å². The predicted molar refractivity (Wildman–Crippen MR) is 91.2 cm³/mol. The normalized spacial score (nSPS) is 20.0. The second kappa shape index (κ2) is 8.76. The van der Waals surface area contributed by atoms with E-state index in [9.17, 15) is 0 Å². The lowest BCUT2D eigenvalue weighted by Crippen LogP contribution is -2.48. The Kier molecular flexibility index (Phi) is 6.68. The molecule has 0 amide bonds. The number of likely N-dealkylation sites (N-methyl/N-ethyl adjacent to an activating group) is 1. The van der Waals surface area contributed by atoms with E-state index in [0.717, 1.165) is 38.7 Å². The van der Waals surface area contributed by atoms with Crippen molar-refractivity contribution in [2.24, 2.45) is 4.99 Å². The van der Waals surface area contributed by atoms with E-state index >= 15 is 0 Å². The minimum absolute atomic E-state index is 0.224. The van der Waals surface area contributed by atoms with E-state index in [1.165, 1.54) is 11.1 Å². The molecule has 1 aromatic carbocycles. The SMILES string of the molecule is CCNC(=NCc1cccc(C)c1)NCC1CN(C)CCO1. The molecule has 1 fully saturated rings. The summed E-state index contributed by atoms with van der Waals surface area (Å²) in [6, 6.07) is 8.46. The van der Waals surface area contributed by atoms with Gasteiger partial charge in [-0.25, -0.2) is 4.99 Å². The Bertz CT molecular complexity index is 489. The fourth-order valence-corrected chi connectivity index (χ4v) is 2.52. The summed E-state index contributed by atoms with van der Waals surface area (Å²) in [6.45, 7) is 9.28. The number of benzene rings is 1. The fraction of sp³-hybridized carbons (Fsp3) is 0.588. The van der Waals surface area contributed by atoms with E-state index in [0.29, 0.717) is 6.54 Å². The molecule has 0 spiro atoms. The molecule has 2 N–H and O–H groups in total. The first kappa shape index (κ1) is 16.8. The topological polar surface area (TPSA) is 48.9 Å². The first-order valence-electron chi connectivity index (χ1n) is 8.05. The van der Waals surface area contributed by atoms with Gasteiger partial charge in [-0.3, -0.25) is 0 Å². The lowest BCUT2D eigenvalue weighted by molar-refractivity contribution is -0.0161. The Morgan fingerprint density at radius 3 is 3.00 bits per heavy atom. The van der Waals surface area contributed by atoms with Crippen LogP contribution < -0.4 is 10.6 Å². The van der Waals surface area contributed by atoms with Gasteiger partial charge in [-0.2, -0.15) is 0 Å². The van der Waals surface area contributed by atoms with Crippen LogP contribution in [0.2, 0.25) is 0 Å². The number of guanidine groups is 1. The molecule has 5 nitrogen and oxygen atoms in total. The van der Waals surface area contributed by atoms with Crippen LogP contribution in [0.25, 0.3) is 0 Å². The van der Waals surface area contributed by atoms with Gasteiger partial charge >= 0.3 is 0 Å². The zero-order valence-corrected chi connectivity index (χ0v) is 13.9. The van der Waals surface area contributed by atoms with Gasteiger partial charge in [0.15, 0.2) is 5.96 Å². The lowest BCUT2D eigenvalue weighted by atomic mass is 10.1. The van der Waals surface area contributed by atoms with Gasteiger partial charge in [-0.05, 0) is 26.5 Å². The minimum atomic E-state index is 0.224. The van der Waals surface area contributed by atoms with E-state index in [2.05, 4.69) is 65.7 Å². The van der Waals surface area contributed by atoms with Gasteiger partial charge in [0.1, 0.15) is 0 Å². The van der Waals surface area contributed by atoms with Gasteiger partial charge in [0.05, 0.1) is 19.3 Å². The van der Waals surface area contributed by atoms with E-state index in [-0.39, 0.29) is 6.10 Å². The molecule has 0 aliphatic carbocycles. The van der Waals surface area contributed by atoms with Gasteiger partial charge < -0.3 is 20.3 Å². The van der Waals surface area contributed by atoms with Crippen LogP contribution >= 0.6 is 0 Å². The number of ether oxygens (including phenoxy) is 1. The second-order valence-electron chi connectivity index (χ2n) is 5.82. The maximum atomic E-state index is 5.77. The number of aliphatic imine (C=N–C) groups is 1. The average molecular weight is 304 g/mol. The van der Waals surface area contributed by atoms with Crippen molar-refractivity contribution < 1.29 is 4.74 Å². The summed E-state index contributed by atoms with van der Waals surface area (Å²) in [6.07, 6.45) is 0.224. The van der Waals surface area contributed by atoms with Crippen LogP contribution in [0.4, 0.5) is 0 Å². The van der Waals surface area contributed by atoms with Crippen molar-refractivity contribution in [3.8, 4) is 0 Å². The van der Waals surface area contributed by atoms with Crippen molar-refractivity contribution in [1.82, 2.24) is 15.5 Å². The van der Waals surface area contributed by atoms with Crippen molar-refractivity contribution in [3.05, 3.63) is 35.4 Å². The molecular formula is C17H28N4O. The first-order chi connectivity index (χ1) is 10.7. The summed E-state index contributed by atoms with van der Waals surface area (Å²) in [4.78, 5) is 6.95. The molecule has 1 heterocycles. The molecule has 1 atom stereocenters. The number of nitrogens with zero attached hydrogens (tertiary/aromatic N) is 2. The molecule has 22 heavy (non-hydrogen) atoms. The van der Waals surface area contributed by atoms with Crippen molar-refractivity contribution in [3.63, 3.8) is 0 Å². The first-order valence-corrected chi connectivity index (χ1v) is 8.05. The van der Waals surface area contributed by atoms with Crippen LogP contribution in [0, 0.1) is 6.92 Å². The third-order valence-corrected chi connectivity index (χ3v) is 3.69. The van der Waals surface area contributed by atoms with Gasteiger partial charge in [-0.15, -0.1) is 0 Å². The summed E-state index contributed by atoms with van der Waals surface area (Å²) in [7, 11) is 2.13. The average Bonchev–Trinajstić information content (AvgIpc) is 2.50. The molecule has 2 rings (SSSR count). The fourth-order valence-electron chi connectivity index (χ4n) is 2.52. The molecule has 0 bridgehead atoms. The molecule has 1 unspecified atom stereocenters. The third kappa shape index (κ3) is 5.66. The molecule has 0 saturated carbocycles. The smallest absolute Gasteiger partial charge is 0.191 e. The number of hydrogen-bond acceptors (Lipinski definition) is 3. The van der Waals surface area contributed by atoms with Crippen LogP contribution in [0.1, 0.15) is 18.1 Å². The second-order valence-corrected chi connectivity index (χ2v) is 5.82. The lowest BCUT2D eigenvalue weighted by Gasteiger charge is -2.30. The molecule has 122 valence electrons. The standard InChI is InChI=1S/C17H28N4O/c1-4-18-17(19-11-15-7-5-6-14(2)10-15)20-12-16-13-21(3)8-9-22-16/h5-7,10,16H,4,8-9,11-13H2,1-3H3,(H2,18,19,20). The zero-order chi connectivity index (χ0) is 15.8. The van der Waals surface area contributed by atoms with Crippen LogP contribution in [-0.2, 0) is 11.3 Å². The highest BCUT2D eigenvalue weighted by Crippen LogP contribution is 2.05. The van der Waals surface area contributed by atoms with Gasteiger partial charge in [0, 0.05) is 26.2 Å². The molecule has 5 heteroatoms. The van der Waals surface area contributed by atoms with E-state index in [4.69, 9.17) is 4.74 Å². The van der Waals surface area contributed by atoms with Crippen LogP contribution in [0.3, 0.4) is 0 Å². The minimum Gasteiger partial charge on any atom is -0.374 e. The van der Waals surface area contributed by atoms with Crippen LogP contribution in [-0.4, -0.2) is 56.8 Å². The summed E-state index contributed by atoms with van der Waals surface area (Å²) in [5.74, 6) is 0.848. The number of aryl methyl sites for hydroxylation is 1. The quantitative estimate of drug-likeness (QED) is 0.637. The number of rotatable bonds is 5. The molecule has 1 aliphatic rings. The highest BCUT2D eigenvalue weighted by molar-refractivity contribution is 5.79. The van der Waals surface area contributed by atoms with Crippen LogP contribution in [0.5, 0.6) is 0 Å². The molecule has 1 aromatic rings. The highest BCUT2D eigenvalue weighted by Gasteiger charge is 2.17. The monoisotopic (exact) mass is 304 g/mol. The summed E-state index contributed by atoms with van der Waals surface area (Å²) < 4.78 is 5.77. The summed E-state index contributed by atoms with van der Waals surface area (Å²) in [5, 5.41) is 6.67. The Morgan fingerprint density at radius 2 is 2.27 bits per heavy atom. The molecular weight excluding hydrogens is 276 g/mol. The number of hydrogen-bond donors (Lipinski definition) is 2. The summed E-state index contributed by atoms with van der Waals surface area (Å²) >= 11 is 0. The predicted octanol–water partition coefficient (Wildman–Crippen LogP) is 1.38. The van der Waals surface area contributed by atoms with Crippen LogP contribution in [0.15, 0.2) is 29.3 Å². The van der Waals surface area contributed by atoms with E-state index in [1.54, 1.807) is 0 Å². The molecule has 0 radical (unpaired) electrons. The maximum Gasteiger partial charge on any atom is 0.191 e.